The molecule has 0 radical (unpaired) electrons. The van der Waals surface area contributed by atoms with Crippen molar-refractivity contribution in [2.75, 3.05) is 17.4 Å². The molecule has 4 aromatic rings. The Morgan fingerprint density at radius 2 is 1.76 bits per heavy atom. The van der Waals surface area contributed by atoms with E-state index in [0.717, 1.165) is 22.3 Å². The van der Waals surface area contributed by atoms with Crippen molar-refractivity contribution in [1.29, 1.82) is 0 Å². The molecular weight excluding hydrogens is 490 g/mol. The first kappa shape index (κ1) is 24.3. The maximum absolute atomic E-state index is 13.3. The smallest absolute Gasteiger partial charge is 0.319 e. The van der Waals surface area contributed by atoms with Crippen molar-refractivity contribution in [2.24, 2.45) is 0 Å². The first-order valence-electron chi connectivity index (χ1n) is 11.7. The van der Waals surface area contributed by atoms with Gasteiger partial charge in [0, 0.05) is 17.7 Å². The minimum Gasteiger partial charge on any atom is -0.454 e. The second kappa shape index (κ2) is 10.7. The molecule has 0 saturated heterocycles. The van der Waals surface area contributed by atoms with Crippen LogP contribution in [0.1, 0.15) is 16.7 Å². The van der Waals surface area contributed by atoms with Gasteiger partial charge in [-0.15, -0.1) is 10.2 Å². The van der Waals surface area contributed by atoms with Crippen LogP contribution in [0.3, 0.4) is 0 Å². The van der Waals surface area contributed by atoms with E-state index in [9.17, 15) is 9.59 Å². The molecular formula is C27H25N5O4S. The van der Waals surface area contributed by atoms with Crippen molar-refractivity contribution in [3.05, 3.63) is 83.4 Å². The molecule has 0 fully saturated rings. The Balaban J connectivity index is 1.30. The molecule has 1 aliphatic heterocycles. The zero-order valence-corrected chi connectivity index (χ0v) is 21.1. The quantitative estimate of drug-likeness (QED) is 0.322. The molecule has 37 heavy (non-hydrogen) atoms. The van der Waals surface area contributed by atoms with E-state index in [0.29, 0.717) is 33.7 Å². The van der Waals surface area contributed by atoms with Crippen LogP contribution in [0, 0.1) is 13.8 Å². The monoisotopic (exact) mass is 515 g/mol. The summed E-state index contributed by atoms with van der Waals surface area (Å²) in [6, 6.07) is 19.4. The summed E-state index contributed by atoms with van der Waals surface area (Å²) in [6.07, 6.45) is 0.306. The summed E-state index contributed by atoms with van der Waals surface area (Å²) < 4.78 is 10.8. The van der Waals surface area contributed by atoms with Gasteiger partial charge in [-0.05, 0) is 49.2 Å². The Labute approximate surface area is 217 Å². The number of aromatic nitrogens is 2. The third-order valence-corrected chi connectivity index (χ3v) is 6.70. The summed E-state index contributed by atoms with van der Waals surface area (Å²) in [5, 5.41) is 17.7. The Morgan fingerprint density at radius 1 is 0.946 bits per heavy atom. The van der Waals surface area contributed by atoms with Crippen LogP contribution >= 0.6 is 11.3 Å². The SMILES string of the molecule is Cc1ccc(NC(=O)NC(Cc2ccccc2)C(=O)Nc2nnc(-c3ccc4c(c3)OCO4)s2)c(C)c1. The number of carbonyl (C=O) groups excluding carboxylic acids is 2. The standard InChI is InChI=1S/C27H25N5O4S/c1-16-8-10-20(17(2)12-16)28-26(34)29-21(13-18-6-4-3-5-7-18)24(33)30-27-32-31-25(37-27)19-9-11-22-23(14-19)36-15-35-22/h3-12,14,21H,13,15H2,1-2H3,(H2,28,29,34)(H,30,32,33). The van der Waals surface area contributed by atoms with Gasteiger partial charge < -0.3 is 20.1 Å². The molecule has 3 amide bonds. The van der Waals surface area contributed by atoms with Crippen molar-refractivity contribution in [1.82, 2.24) is 15.5 Å². The van der Waals surface area contributed by atoms with E-state index in [2.05, 4.69) is 26.1 Å². The van der Waals surface area contributed by atoms with Crippen LogP contribution < -0.4 is 25.4 Å². The van der Waals surface area contributed by atoms with Gasteiger partial charge in [0.25, 0.3) is 0 Å². The number of hydrogen-bond acceptors (Lipinski definition) is 7. The van der Waals surface area contributed by atoms with Gasteiger partial charge in [-0.25, -0.2) is 4.79 Å². The van der Waals surface area contributed by atoms with Crippen molar-refractivity contribution in [2.45, 2.75) is 26.3 Å². The molecule has 10 heteroatoms. The minimum absolute atomic E-state index is 0.184. The highest BCUT2D eigenvalue weighted by atomic mass is 32.1. The Bertz CT molecular complexity index is 1440. The molecule has 0 bridgehead atoms. The molecule has 1 aromatic heterocycles. The first-order valence-corrected chi connectivity index (χ1v) is 12.5. The van der Waals surface area contributed by atoms with Crippen LogP contribution in [0.5, 0.6) is 11.5 Å². The number of hydrogen-bond donors (Lipinski definition) is 3. The minimum atomic E-state index is -0.842. The fourth-order valence-electron chi connectivity index (χ4n) is 3.94. The second-order valence-corrected chi connectivity index (χ2v) is 9.61. The summed E-state index contributed by atoms with van der Waals surface area (Å²) in [5.41, 5.74) is 4.42. The molecule has 0 aliphatic carbocycles. The lowest BCUT2D eigenvalue weighted by Crippen LogP contribution is -2.47. The van der Waals surface area contributed by atoms with Gasteiger partial charge in [-0.3, -0.25) is 10.1 Å². The van der Waals surface area contributed by atoms with Gasteiger partial charge in [0.05, 0.1) is 0 Å². The highest BCUT2D eigenvalue weighted by molar-refractivity contribution is 7.18. The largest absolute Gasteiger partial charge is 0.454 e. The van der Waals surface area contributed by atoms with Crippen LogP contribution in [-0.4, -0.2) is 35.0 Å². The number of anilines is 2. The summed E-state index contributed by atoms with van der Waals surface area (Å²) in [7, 11) is 0. The van der Waals surface area contributed by atoms with Crippen LogP contribution in [0.15, 0.2) is 66.7 Å². The zero-order chi connectivity index (χ0) is 25.8. The number of urea groups is 1. The predicted molar refractivity (Wildman–Crippen MR) is 142 cm³/mol. The summed E-state index contributed by atoms with van der Waals surface area (Å²) in [5.74, 6) is 0.920. The lowest BCUT2D eigenvalue weighted by Gasteiger charge is -2.19. The maximum Gasteiger partial charge on any atom is 0.319 e. The predicted octanol–water partition coefficient (Wildman–Crippen LogP) is 4.92. The summed E-state index contributed by atoms with van der Waals surface area (Å²) in [4.78, 5) is 26.1. The molecule has 188 valence electrons. The van der Waals surface area contributed by atoms with Crippen LogP contribution in [-0.2, 0) is 11.2 Å². The number of nitrogens with zero attached hydrogens (tertiary/aromatic N) is 2. The molecule has 0 spiro atoms. The van der Waals surface area contributed by atoms with E-state index in [-0.39, 0.29) is 6.79 Å². The zero-order valence-electron chi connectivity index (χ0n) is 20.3. The molecule has 9 nitrogen and oxygen atoms in total. The third kappa shape index (κ3) is 5.87. The molecule has 5 rings (SSSR count). The average molecular weight is 516 g/mol. The average Bonchev–Trinajstić information content (AvgIpc) is 3.55. The van der Waals surface area contributed by atoms with E-state index in [1.54, 1.807) is 0 Å². The lowest BCUT2D eigenvalue weighted by molar-refractivity contribution is -0.117. The van der Waals surface area contributed by atoms with Crippen LogP contribution in [0.2, 0.25) is 0 Å². The topological polar surface area (TPSA) is 114 Å². The molecule has 2 heterocycles. The number of aryl methyl sites for hydroxylation is 2. The lowest BCUT2D eigenvalue weighted by atomic mass is 10.1. The van der Waals surface area contributed by atoms with Crippen molar-refractivity contribution < 1.29 is 19.1 Å². The van der Waals surface area contributed by atoms with E-state index in [1.165, 1.54) is 11.3 Å². The number of ether oxygens (including phenoxy) is 2. The van der Waals surface area contributed by atoms with Gasteiger partial charge in [-0.2, -0.15) is 0 Å². The van der Waals surface area contributed by atoms with E-state index in [1.807, 2.05) is 80.6 Å². The third-order valence-electron chi connectivity index (χ3n) is 5.81. The summed E-state index contributed by atoms with van der Waals surface area (Å²) in [6.45, 7) is 4.09. The Morgan fingerprint density at radius 3 is 2.57 bits per heavy atom. The number of benzene rings is 3. The van der Waals surface area contributed by atoms with Crippen LogP contribution in [0.25, 0.3) is 10.6 Å². The molecule has 3 N–H and O–H groups in total. The van der Waals surface area contributed by atoms with E-state index < -0.39 is 18.0 Å². The second-order valence-electron chi connectivity index (χ2n) is 8.63. The first-order chi connectivity index (χ1) is 17.9. The number of carbonyl (C=O) groups is 2. The molecule has 1 atom stereocenters. The van der Waals surface area contributed by atoms with E-state index >= 15 is 0 Å². The number of amides is 3. The number of nitrogens with one attached hydrogen (secondary N) is 3. The van der Waals surface area contributed by atoms with Gasteiger partial charge in [0.15, 0.2) is 11.5 Å². The normalized spacial score (nSPS) is 12.6. The van der Waals surface area contributed by atoms with Gasteiger partial charge in [0.1, 0.15) is 11.0 Å². The Hall–Kier alpha value is -4.44. The number of rotatable bonds is 7. The van der Waals surface area contributed by atoms with Crippen LogP contribution in [0.4, 0.5) is 15.6 Å². The van der Waals surface area contributed by atoms with Crippen molar-refractivity contribution in [3.63, 3.8) is 0 Å². The van der Waals surface area contributed by atoms with Crippen molar-refractivity contribution >= 4 is 34.1 Å². The fourth-order valence-corrected chi connectivity index (χ4v) is 4.68. The Kier molecular flexibility index (Phi) is 7.00. The molecule has 1 aliphatic rings. The van der Waals surface area contributed by atoms with Gasteiger partial charge in [-0.1, -0.05) is 59.4 Å². The van der Waals surface area contributed by atoms with E-state index in [4.69, 9.17) is 9.47 Å². The molecule has 0 saturated carbocycles. The fraction of sp³-hybridized carbons (Fsp3) is 0.185. The van der Waals surface area contributed by atoms with Gasteiger partial charge >= 0.3 is 6.03 Å². The number of fused-ring (bicyclic) bond motifs is 1. The molecule has 3 aromatic carbocycles. The maximum atomic E-state index is 13.3. The highest BCUT2D eigenvalue weighted by Gasteiger charge is 2.24. The van der Waals surface area contributed by atoms with Crippen molar-refractivity contribution in [3.8, 4) is 22.1 Å². The summed E-state index contributed by atoms with van der Waals surface area (Å²) >= 11 is 1.23. The van der Waals surface area contributed by atoms with Gasteiger partial charge in [0.2, 0.25) is 17.8 Å². The molecule has 1 unspecified atom stereocenters. The highest BCUT2D eigenvalue weighted by Crippen LogP contribution is 2.37.